The van der Waals surface area contributed by atoms with E-state index in [1.54, 1.807) is 17.0 Å². The second kappa shape index (κ2) is 8.51. The molecule has 9 nitrogen and oxygen atoms in total. The van der Waals surface area contributed by atoms with Gasteiger partial charge in [0.15, 0.2) is 0 Å². The van der Waals surface area contributed by atoms with Crippen molar-refractivity contribution < 1.29 is 14.5 Å². The highest BCUT2D eigenvalue weighted by atomic mass is 35.5. The lowest BCUT2D eigenvalue weighted by Gasteiger charge is -2.36. The largest absolute Gasteiger partial charge is 0.444 e. The van der Waals surface area contributed by atoms with Crippen LogP contribution in [0, 0.1) is 10.1 Å². The summed E-state index contributed by atoms with van der Waals surface area (Å²) in [7, 11) is 0. The van der Waals surface area contributed by atoms with Crippen LogP contribution >= 0.6 is 22.9 Å². The normalized spacial score (nSPS) is 14.6. The Morgan fingerprint density at radius 1 is 1.22 bits per heavy atom. The molecular formula is C21H22ClN5O4S. The number of fused-ring (bicyclic) bond motifs is 1. The van der Waals surface area contributed by atoms with Gasteiger partial charge in [-0.25, -0.2) is 9.78 Å². The summed E-state index contributed by atoms with van der Waals surface area (Å²) in [5, 5.41) is 14.1. The molecule has 0 aliphatic carbocycles. The molecule has 0 unspecified atom stereocenters. The van der Waals surface area contributed by atoms with E-state index in [1.165, 1.54) is 17.4 Å². The first-order chi connectivity index (χ1) is 15.1. The van der Waals surface area contributed by atoms with Crippen molar-refractivity contribution in [3.05, 3.63) is 45.0 Å². The monoisotopic (exact) mass is 475 g/mol. The number of rotatable bonds is 3. The average Bonchev–Trinajstić information content (AvgIpc) is 3.16. The van der Waals surface area contributed by atoms with E-state index in [0.29, 0.717) is 42.4 Å². The van der Waals surface area contributed by atoms with Crippen molar-refractivity contribution in [2.24, 2.45) is 0 Å². The number of hydrogen-bond acceptors (Lipinski definition) is 8. The van der Waals surface area contributed by atoms with Crippen molar-refractivity contribution in [1.82, 2.24) is 14.9 Å². The third-order valence-electron chi connectivity index (χ3n) is 4.99. The minimum atomic E-state index is -0.551. The summed E-state index contributed by atoms with van der Waals surface area (Å²) in [4.78, 5) is 36.5. The second-order valence-electron chi connectivity index (χ2n) is 8.41. The van der Waals surface area contributed by atoms with Crippen LogP contribution in [-0.4, -0.2) is 57.7 Å². The zero-order chi connectivity index (χ0) is 23.0. The smallest absolute Gasteiger partial charge is 0.410 e. The molecule has 2 aromatic heterocycles. The van der Waals surface area contributed by atoms with Gasteiger partial charge in [0.2, 0.25) is 5.28 Å². The number of ether oxygens (including phenoxy) is 1. The molecule has 1 aliphatic rings. The number of non-ortho nitro benzene ring substituents is 1. The number of nitro benzene ring substituents is 1. The summed E-state index contributed by atoms with van der Waals surface area (Å²) >= 11 is 7.61. The van der Waals surface area contributed by atoms with Gasteiger partial charge in [-0.2, -0.15) is 4.98 Å². The summed E-state index contributed by atoms with van der Waals surface area (Å²) < 4.78 is 5.47. The van der Waals surface area contributed by atoms with Gasteiger partial charge in [0.25, 0.3) is 5.69 Å². The molecule has 0 atom stereocenters. The zero-order valence-electron chi connectivity index (χ0n) is 17.9. The van der Waals surface area contributed by atoms with Crippen LogP contribution in [0.3, 0.4) is 0 Å². The van der Waals surface area contributed by atoms with E-state index < -0.39 is 10.5 Å². The number of nitrogens with zero attached hydrogens (tertiary/aromatic N) is 5. The van der Waals surface area contributed by atoms with Gasteiger partial charge in [0, 0.05) is 49.3 Å². The van der Waals surface area contributed by atoms with Gasteiger partial charge in [-0.15, -0.1) is 11.3 Å². The lowest BCUT2D eigenvalue weighted by atomic mass is 10.0. The predicted molar refractivity (Wildman–Crippen MR) is 125 cm³/mol. The van der Waals surface area contributed by atoms with Crippen molar-refractivity contribution >= 4 is 50.8 Å². The fraction of sp³-hybridized carbons (Fsp3) is 0.381. The van der Waals surface area contributed by atoms with Gasteiger partial charge in [-0.1, -0.05) is 12.1 Å². The fourth-order valence-corrected chi connectivity index (χ4v) is 4.71. The number of thiophene rings is 1. The van der Waals surface area contributed by atoms with Gasteiger partial charge in [-0.05, 0) is 37.9 Å². The number of piperazine rings is 1. The van der Waals surface area contributed by atoms with Crippen molar-refractivity contribution in [3.8, 4) is 11.1 Å². The molecule has 3 heterocycles. The van der Waals surface area contributed by atoms with Gasteiger partial charge < -0.3 is 14.5 Å². The molecule has 0 N–H and O–H groups in total. The van der Waals surface area contributed by atoms with Crippen LogP contribution in [0.1, 0.15) is 20.8 Å². The standard InChI is InChI=1S/C21H22ClN5O4S/c1-21(2,3)31-20(28)26-9-7-25(8-10-26)17-16-15(12-32-18(16)24-19(22)23-17)13-5-4-6-14(11-13)27(29)30/h4-6,11-12H,7-10H2,1-3H3. The fourth-order valence-electron chi connectivity index (χ4n) is 3.55. The summed E-state index contributed by atoms with van der Waals surface area (Å²) in [6, 6.07) is 6.49. The molecule has 0 saturated carbocycles. The van der Waals surface area contributed by atoms with Crippen molar-refractivity contribution in [2.75, 3.05) is 31.1 Å². The summed E-state index contributed by atoms with van der Waals surface area (Å²) in [6.07, 6.45) is -0.337. The Hall–Kier alpha value is -2.98. The van der Waals surface area contributed by atoms with E-state index >= 15 is 0 Å². The van der Waals surface area contributed by atoms with Crippen LogP contribution in [0.2, 0.25) is 5.28 Å². The first-order valence-corrected chi connectivity index (χ1v) is 11.3. The number of halogens is 1. The van der Waals surface area contributed by atoms with Crippen molar-refractivity contribution in [2.45, 2.75) is 26.4 Å². The maximum Gasteiger partial charge on any atom is 0.410 e. The molecule has 0 spiro atoms. The summed E-state index contributed by atoms with van der Waals surface area (Å²) in [6.45, 7) is 7.58. The number of carbonyl (C=O) groups is 1. The van der Waals surface area contributed by atoms with E-state index in [0.717, 1.165) is 10.9 Å². The number of amides is 1. The molecule has 0 radical (unpaired) electrons. The van der Waals surface area contributed by atoms with Crippen LogP contribution in [0.25, 0.3) is 21.3 Å². The highest BCUT2D eigenvalue weighted by Crippen LogP contribution is 2.40. The van der Waals surface area contributed by atoms with E-state index in [2.05, 4.69) is 14.9 Å². The molecule has 11 heteroatoms. The first kappa shape index (κ1) is 22.2. The predicted octanol–water partition coefficient (Wildman–Crippen LogP) is 4.98. The molecule has 3 aromatic rings. The molecule has 32 heavy (non-hydrogen) atoms. The topological polar surface area (TPSA) is 102 Å². The number of nitro groups is 1. The average molecular weight is 476 g/mol. The molecule has 168 valence electrons. The molecular weight excluding hydrogens is 454 g/mol. The van der Waals surface area contributed by atoms with E-state index in [-0.39, 0.29) is 17.1 Å². The molecule has 1 saturated heterocycles. The Morgan fingerprint density at radius 3 is 2.59 bits per heavy atom. The molecule has 1 amide bonds. The van der Waals surface area contributed by atoms with Crippen LogP contribution in [0.15, 0.2) is 29.6 Å². The Morgan fingerprint density at radius 2 is 1.94 bits per heavy atom. The Kier molecular flexibility index (Phi) is 5.91. The lowest BCUT2D eigenvalue weighted by Crippen LogP contribution is -2.50. The summed E-state index contributed by atoms with van der Waals surface area (Å²) in [5.41, 5.74) is 0.994. The van der Waals surface area contributed by atoms with Gasteiger partial charge in [-0.3, -0.25) is 10.1 Å². The minimum absolute atomic E-state index is 0.0178. The number of carbonyl (C=O) groups excluding carboxylic acids is 1. The van der Waals surface area contributed by atoms with E-state index in [1.807, 2.05) is 32.2 Å². The number of benzene rings is 1. The lowest BCUT2D eigenvalue weighted by molar-refractivity contribution is -0.384. The highest BCUT2D eigenvalue weighted by Gasteiger charge is 2.28. The van der Waals surface area contributed by atoms with Crippen LogP contribution in [-0.2, 0) is 4.74 Å². The van der Waals surface area contributed by atoms with Crippen LogP contribution in [0.5, 0.6) is 0 Å². The Bertz CT molecular complexity index is 1180. The number of anilines is 1. The van der Waals surface area contributed by atoms with E-state index in [9.17, 15) is 14.9 Å². The Balaban J connectivity index is 1.65. The Labute approximate surface area is 193 Å². The van der Waals surface area contributed by atoms with Gasteiger partial charge in [0.05, 0.1) is 10.3 Å². The molecule has 0 bridgehead atoms. The minimum Gasteiger partial charge on any atom is -0.444 e. The first-order valence-electron chi connectivity index (χ1n) is 10.0. The van der Waals surface area contributed by atoms with Gasteiger partial charge >= 0.3 is 6.09 Å². The SMILES string of the molecule is CC(C)(C)OC(=O)N1CCN(c2nc(Cl)nc3scc(-c4cccc([N+](=O)[O-])c4)c23)CC1. The van der Waals surface area contributed by atoms with Crippen molar-refractivity contribution in [1.29, 1.82) is 0 Å². The second-order valence-corrected chi connectivity index (χ2v) is 9.60. The molecule has 1 fully saturated rings. The highest BCUT2D eigenvalue weighted by molar-refractivity contribution is 7.17. The maximum absolute atomic E-state index is 12.4. The third kappa shape index (κ3) is 4.61. The van der Waals surface area contributed by atoms with E-state index in [4.69, 9.17) is 16.3 Å². The molecule has 1 aromatic carbocycles. The van der Waals surface area contributed by atoms with Crippen LogP contribution in [0.4, 0.5) is 16.3 Å². The summed E-state index contributed by atoms with van der Waals surface area (Å²) in [5.74, 6) is 0.659. The molecule has 4 rings (SSSR count). The maximum atomic E-state index is 12.4. The van der Waals surface area contributed by atoms with Crippen LogP contribution < -0.4 is 4.90 Å². The quantitative estimate of drug-likeness (QED) is 0.299. The zero-order valence-corrected chi connectivity index (χ0v) is 19.4. The number of aromatic nitrogens is 2. The van der Waals surface area contributed by atoms with Gasteiger partial charge in [0.1, 0.15) is 16.2 Å². The molecule has 1 aliphatic heterocycles. The van der Waals surface area contributed by atoms with Crippen molar-refractivity contribution in [3.63, 3.8) is 0 Å². The third-order valence-corrected chi connectivity index (χ3v) is 6.03. The number of hydrogen-bond donors (Lipinski definition) is 0.